The van der Waals surface area contributed by atoms with E-state index in [2.05, 4.69) is 4.98 Å². The van der Waals surface area contributed by atoms with Crippen molar-refractivity contribution in [2.45, 2.75) is 19.9 Å². The van der Waals surface area contributed by atoms with Gasteiger partial charge in [-0.15, -0.1) is 0 Å². The van der Waals surface area contributed by atoms with E-state index in [9.17, 15) is 14.7 Å². The van der Waals surface area contributed by atoms with Crippen molar-refractivity contribution >= 4 is 0 Å². The quantitative estimate of drug-likeness (QED) is 0.843. The number of aromatic hydroxyl groups is 1. The van der Waals surface area contributed by atoms with Crippen molar-refractivity contribution in [3.8, 4) is 5.88 Å². The molecule has 0 radical (unpaired) electrons. The van der Waals surface area contributed by atoms with Crippen LogP contribution in [0.3, 0.4) is 0 Å². The molecule has 1 aromatic heterocycles. The van der Waals surface area contributed by atoms with Crippen LogP contribution in [0.5, 0.6) is 5.88 Å². The first kappa shape index (κ1) is 12.2. The van der Waals surface area contributed by atoms with Gasteiger partial charge in [-0.2, -0.15) is 0 Å². The molecule has 0 saturated carbocycles. The molecule has 2 N–H and O–H groups in total. The van der Waals surface area contributed by atoms with Crippen molar-refractivity contribution in [2.24, 2.45) is 0 Å². The van der Waals surface area contributed by atoms with Crippen molar-refractivity contribution in [2.75, 3.05) is 0 Å². The molecule has 0 spiro atoms. The van der Waals surface area contributed by atoms with E-state index in [0.29, 0.717) is 6.42 Å². The first-order chi connectivity index (χ1) is 8.63. The molecule has 0 fully saturated rings. The molecule has 18 heavy (non-hydrogen) atoms. The van der Waals surface area contributed by atoms with Crippen LogP contribution in [-0.2, 0) is 13.0 Å². The van der Waals surface area contributed by atoms with Crippen LogP contribution >= 0.6 is 0 Å². The first-order valence-corrected chi connectivity index (χ1v) is 5.72. The Kier molecular flexibility index (Phi) is 3.32. The Hall–Kier alpha value is -2.30. The molecule has 0 unspecified atom stereocenters. The molecule has 5 heteroatoms. The van der Waals surface area contributed by atoms with E-state index in [1.165, 1.54) is 0 Å². The summed E-state index contributed by atoms with van der Waals surface area (Å²) >= 11 is 0. The number of benzene rings is 1. The molecule has 94 valence electrons. The van der Waals surface area contributed by atoms with Gasteiger partial charge in [-0.1, -0.05) is 37.3 Å². The molecular formula is C13H14N2O3. The number of hydrogen-bond donors (Lipinski definition) is 2. The molecule has 0 aliphatic carbocycles. The number of H-pyrrole nitrogens is 1. The summed E-state index contributed by atoms with van der Waals surface area (Å²) < 4.78 is 1.16. The highest BCUT2D eigenvalue weighted by Gasteiger charge is 2.12. The highest BCUT2D eigenvalue weighted by molar-refractivity contribution is 5.24. The lowest BCUT2D eigenvalue weighted by Crippen LogP contribution is -2.32. The SMILES string of the molecule is CCc1c(O)n(Cc2ccccc2)c(=O)[nH]c1=O. The van der Waals surface area contributed by atoms with Gasteiger partial charge in [0.25, 0.3) is 5.56 Å². The zero-order valence-corrected chi connectivity index (χ0v) is 10.0. The molecule has 1 aromatic carbocycles. The number of nitrogens with zero attached hydrogens (tertiary/aromatic N) is 1. The van der Waals surface area contributed by atoms with E-state index in [1.54, 1.807) is 6.92 Å². The van der Waals surface area contributed by atoms with Crippen LogP contribution in [0.2, 0.25) is 0 Å². The highest BCUT2D eigenvalue weighted by Crippen LogP contribution is 2.12. The predicted octanol–water partition coefficient (Wildman–Crippen LogP) is 0.853. The van der Waals surface area contributed by atoms with E-state index >= 15 is 0 Å². The molecule has 0 amide bonds. The fourth-order valence-corrected chi connectivity index (χ4v) is 1.83. The Labute approximate surface area is 103 Å². The van der Waals surface area contributed by atoms with E-state index in [0.717, 1.165) is 10.1 Å². The minimum atomic E-state index is -0.599. The van der Waals surface area contributed by atoms with Crippen LogP contribution in [0, 0.1) is 0 Å². The Bertz CT molecular complexity index is 656. The van der Waals surface area contributed by atoms with Crippen LogP contribution in [-0.4, -0.2) is 14.7 Å². The summed E-state index contributed by atoms with van der Waals surface area (Å²) in [6, 6.07) is 9.27. The maximum absolute atomic E-state index is 11.7. The number of rotatable bonds is 3. The van der Waals surface area contributed by atoms with E-state index in [-0.39, 0.29) is 18.0 Å². The third-order valence-electron chi connectivity index (χ3n) is 2.80. The van der Waals surface area contributed by atoms with Crippen LogP contribution in [0.1, 0.15) is 18.1 Å². The summed E-state index contributed by atoms with van der Waals surface area (Å²) in [6.45, 7) is 1.98. The Morgan fingerprint density at radius 3 is 2.50 bits per heavy atom. The summed E-state index contributed by atoms with van der Waals surface area (Å²) in [5.74, 6) is -0.255. The largest absolute Gasteiger partial charge is 0.494 e. The van der Waals surface area contributed by atoms with Gasteiger partial charge in [0, 0.05) is 0 Å². The summed E-state index contributed by atoms with van der Waals surface area (Å²) in [5, 5.41) is 9.95. The van der Waals surface area contributed by atoms with Gasteiger partial charge < -0.3 is 5.11 Å². The molecule has 0 saturated heterocycles. The first-order valence-electron chi connectivity index (χ1n) is 5.72. The zero-order valence-electron chi connectivity index (χ0n) is 10.0. The van der Waals surface area contributed by atoms with Crippen molar-refractivity contribution in [1.29, 1.82) is 0 Å². The third-order valence-corrected chi connectivity index (χ3v) is 2.80. The smallest absolute Gasteiger partial charge is 0.331 e. The van der Waals surface area contributed by atoms with Crippen molar-refractivity contribution < 1.29 is 5.11 Å². The molecule has 0 aliphatic heterocycles. The summed E-state index contributed by atoms with van der Waals surface area (Å²) in [5.41, 5.74) is -0.0163. The van der Waals surface area contributed by atoms with E-state index in [1.807, 2.05) is 30.3 Å². The molecule has 5 nitrogen and oxygen atoms in total. The monoisotopic (exact) mass is 246 g/mol. The van der Waals surface area contributed by atoms with Gasteiger partial charge >= 0.3 is 5.69 Å². The average Bonchev–Trinajstić information content (AvgIpc) is 2.36. The minimum Gasteiger partial charge on any atom is -0.494 e. The van der Waals surface area contributed by atoms with Crippen molar-refractivity contribution in [1.82, 2.24) is 9.55 Å². The summed E-state index contributed by atoms with van der Waals surface area (Å²) in [4.78, 5) is 25.4. The second kappa shape index (κ2) is 4.91. The Balaban J connectivity index is 2.52. The third kappa shape index (κ3) is 2.20. The van der Waals surface area contributed by atoms with E-state index < -0.39 is 11.2 Å². The van der Waals surface area contributed by atoms with Gasteiger partial charge in [0.15, 0.2) is 0 Å². The second-order valence-electron chi connectivity index (χ2n) is 3.99. The average molecular weight is 246 g/mol. The molecular weight excluding hydrogens is 232 g/mol. The molecule has 0 bridgehead atoms. The number of aromatic amines is 1. The molecule has 0 atom stereocenters. The summed E-state index contributed by atoms with van der Waals surface area (Å²) in [6.07, 6.45) is 0.371. The fourth-order valence-electron chi connectivity index (χ4n) is 1.83. The predicted molar refractivity (Wildman–Crippen MR) is 67.9 cm³/mol. The van der Waals surface area contributed by atoms with Gasteiger partial charge in [0.2, 0.25) is 5.88 Å². The zero-order chi connectivity index (χ0) is 13.1. The number of nitrogens with one attached hydrogen (secondary N) is 1. The number of hydrogen-bond acceptors (Lipinski definition) is 3. The minimum absolute atomic E-state index is 0.227. The van der Waals surface area contributed by atoms with Crippen molar-refractivity contribution in [3.05, 3.63) is 62.3 Å². The highest BCUT2D eigenvalue weighted by atomic mass is 16.3. The fraction of sp³-hybridized carbons (Fsp3) is 0.231. The Morgan fingerprint density at radius 1 is 1.22 bits per heavy atom. The topological polar surface area (TPSA) is 75.1 Å². The van der Waals surface area contributed by atoms with Gasteiger partial charge in [-0.05, 0) is 12.0 Å². The van der Waals surface area contributed by atoms with Gasteiger partial charge in [-0.3, -0.25) is 14.3 Å². The summed E-state index contributed by atoms with van der Waals surface area (Å²) in [7, 11) is 0. The lowest BCUT2D eigenvalue weighted by atomic mass is 10.2. The van der Waals surface area contributed by atoms with E-state index in [4.69, 9.17) is 0 Å². The Morgan fingerprint density at radius 2 is 1.89 bits per heavy atom. The van der Waals surface area contributed by atoms with Gasteiger partial charge in [-0.25, -0.2) is 4.79 Å². The second-order valence-corrected chi connectivity index (χ2v) is 3.99. The van der Waals surface area contributed by atoms with Crippen LogP contribution in [0.4, 0.5) is 0 Å². The molecule has 1 heterocycles. The molecule has 2 aromatic rings. The van der Waals surface area contributed by atoms with Crippen LogP contribution in [0.25, 0.3) is 0 Å². The van der Waals surface area contributed by atoms with Crippen molar-refractivity contribution in [3.63, 3.8) is 0 Å². The maximum atomic E-state index is 11.7. The van der Waals surface area contributed by atoms with Crippen LogP contribution in [0.15, 0.2) is 39.9 Å². The standard InChI is InChI=1S/C13H14N2O3/c1-2-10-11(16)14-13(18)15(12(10)17)8-9-6-4-3-5-7-9/h3-7,17H,2,8H2,1H3,(H,14,16,18). The van der Waals surface area contributed by atoms with Gasteiger partial charge in [0.1, 0.15) is 0 Å². The lowest BCUT2D eigenvalue weighted by Gasteiger charge is -2.10. The molecule has 2 rings (SSSR count). The maximum Gasteiger partial charge on any atom is 0.331 e. The molecule has 0 aliphatic rings. The van der Waals surface area contributed by atoms with Crippen LogP contribution < -0.4 is 11.2 Å². The lowest BCUT2D eigenvalue weighted by molar-refractivity contribution is 0.402. The normalized spacial score (nSPS) is 10.5. The number of aromatic nitrogens is 2. The van der Waals surface area contributed by atoms with Gasteiger partial charge in [0.05, 0.1) is 12.1 Å².